The van der Waals surface area contributed by atoms with Crippen molar-refractivity contribution in [2.75, 3.05) is 12.8 Å². The molecular formula is C10H10N2O3. The van der Waals surface area contributed by atoms with Gasteiger partial charge in [0.2, 0.25) is 0 Å². The van der Waals surface area contributed by atoms with Crippen LogP contribution in [-0.4, -0.2) is 18.2 Å². The minimum atomic E-state index is -1.00. The van der Waals surface area contributed by atoms with Crippen LogP contribution in [0.4, 0.5) is 5.69 Å². The van der Waals surface area contributed by atoms with Gasteiger partial charge in [0.15, 0.2) is 0 Å². The largest absolute Gasteiger partial charge is 0.495 e. The third-order valence-electron chi connectivity index (χ3n) is 1.92. The maximum Gasteiger partial charge on any atom is 0.307 e. The van der Waals surface area contributed by atoms with Crippen molar-refractivity contribution in [1.29, 1.82) is 5.26 Å². The minimum Gasteiger partial charge on any atom is -0.495 e. The Labute approximate surface area is 86.7 Å². The molecule has 0 heterocycles. The summed E-state index contributed by atoms with van der Waals surface area (Å²) < 4.78 is 4.92. The Hall–Kier alpha value is -2.22. The van der Waals surface area contributed by atoms with Crippen LogP contribution in [-0.2, 0) is 11.2 Å². The van der Waals surface area contributed by atoms with E-state index >= 15 is 0 Å². The lowest BCUT2D eigenvalue weighted by Crippen LogP contribution is -2.04. The molecule has 78 valence electrons. The number of ether oxygens (including phenoxy) is 1. The zero-order valence-electron chi connectivity index (χ0n) is 8.15. The van der Waals surface area contributed by atoms with E-state index in [9.17, 15) is 4.79 Å². The molecule has 0 aliphatic carbocycles. The number of aliphatic carboxylic acids is 1. The second kappa shape index (κ2) is 4.33. The zero-order valence-corrected chi connectivity index (χ0v) is 8.15. The first kappa shape index (κ1) is 10.9. The minimum absolute atomic E-state index is 0.225. The predicted molar refractivity (Wildman–Crippen MR) is 53.5 cm³/mol. The van der Waals surface area contributed by atoms with E-state index in [1.54, 1.807) is 0 Å². The van der Waals surface area contributed by atoms with Crippen LogP contribution in [0.2, 0.25) is 0 Å². The smallest absolute Gasteiger partial charge is 0.307 e. The summed E-state index contributed by atoms with van der Waals surface area (Å²) in [7, 11) is 1.43. The number of hydrogen-bond acceptors (Lipinski definition) is 4. The molecule has 0 radical (unpaired) electrons. The van der Waals surface area contributed by atoms with Crippen LogP contribution in [0.3, 0.4) is 0 Å². The van der Waals surface area contributed by atoms with E-state index in [1.165, 1.54) is 19.2 Å². The molecule has 0 atom stereocenters. The summed E-state index contributed by atoms with van der Waals surface area (Å²) in [4.78, 5) is 10.5. The van der Waals surface area contributed by atoms with Crippen LogP contribution in [0.15, 0.2) is 12.1 Å². The van der Waals surface area contributed by atoms with Crippen molar-refractivity contribution in [3.05, 3.63) is 23.3 Å². The Morgan fingerprint density at radius 1 is 1.67 bits per heavy atom. The van der Waals surface area contributed by atoms with Gasteiger partial charge in [-0.15, -0.1) is 0 Å². The summed E-state index contributed by atoms with van der Waals surface area (Å²) in [6, 6.07) is 4.79. The maximum atomic E-state index is 10.5. The molecule has 0 aromatic heterocycles. The van der Waals surface area contributed by atoms with E-state index < -0.39 is 5.97 Å². The molecule has 0 unspecified atom stereocenters. The first-order valence-corrected chi connectivity index (χ1v) is 4.16. The highest BCUT2D eigenvalue weighted by Crippen LogP contribution is 2.25. The van der Waals surface area contributed by atoms with E-state index in [1.807, 2.05) is 6.07 Å². The van der Waals surface area contributed by atoms with E-state index in [2.05, 4.69) is 0 Å². The summed E-state index contributed by atoms with van der Waals surface area (Å²) >= 11 is 0. The van der Waals surface area contributed by atoms with Crippen LogP contribution in [0, 0.1) is 11.3 Å². The number of hydrogen-bond donors (Lipinski definition) is 2. The third kappa shape index (κ3) is 2.38. The number of nitrogen functional groups attached to an aromatic ring is 1. The van der Waals surface area contributed by atoms with Gasteiger partial charge >= 0.3 is 5.97 Å². The number of nitriles is 1. The summed E-state index contributed by atoms with van der Waals surface area (Å²) in [5.74, 6) is -0.628. The normalized spacial score (nSPS) is 9.33. The highest BCUT2D eigenvalue weighted by molar-refractivity contribution is 5.73. The summed E-state index contributed by atoms with van der Waals surface area (Å²) in [6.07, 6.45) is -0.225. The van der Waals surface area contributed by atoms with Gasteiger partial charge in [-0.25, -0.2) is 0 Å². The molecule has 15 heavy (non-hydrogen) atoms. The van der Waals surface area contributed by atoms with Crippen molar-refractivity contribution in [3.8, 4) is 11.8 Å². The quantitative estimate of drug-likeness (QED) is 0.712. The molecule has 0 saturated carbocycles. The average molecular weight is 206 g/mol. The van der Waals surface area contributed by atoms with E-state index in [-0.39, 0.29) is 12.0 Å². The Bertz CT molecular complexity index is 435. The fourth-order valence-corrected chi connectivity index (χ4v) is 1.23. The zero-order chi connectivity index (χ0) is 11.4. The van der Waals surface area contributed by atoms with Crippen molar-refractivity contribution in [1.82, 2.24) is 0 Å². The lowest BCUT2D eigenvalue weighted by atomic mass is 10.0. The van der Waals surface area contributed by atoms with Gasteiger partial charge in [0.25, 0.3) is 0 Å². The molecule has 1 rings (SSSR count). The van der Waals surface area contributed by atoms with E-state index in [4.69, 9.17) is 20.8 Å². The van der Waals surface area contributed by atoms with Crippen molar-refractivity contribution >= 4 is 11.7 Å². The molecule has 0 saturated heterocycles. The van der Waals surface area contributed by atoms with Gasteiger partial charge in [-0.1, -0.05) is 0 Å². The van der Waals surface area contributed by atoms with E-state index in [0.29, 0.717) is 17.0 Å². The number of rotatable bonds is 3. The summed E-state index contributed by atoms with van der Waals surface area (Å²) in [5.41, 5.74) is 6.59. The van der Waals surface area contributed by atoms with Crippen molar-refractivity contribution in [2.45, 2.75) is 6.42 Å². The Morgan fingerprint density at radius 2 is 2.33 bits per heavy atom. The van der Waals surface area contributed by atoms with Gasteiger partial charge in [-0.3, -0.25) is 4.79 Å². The molecule has 0 spiro atoms. The predicted octanol–water partition coefficient (Wildman–Crippen LogP) is 0.776. The SMILES string of the molecule is COc1cc(C#N)c(CC(=O)O)cc1N. The Morgan fingerprint density at radius 3 is 2.80 bits per heavy atom. The van der Waals surface area contributed by atoms with Gasteiger partial charge in [-0.2, -0.15) is 5.26 Å². The number of nitrogens with two attached hydrogens (primary N) is 1. The number of anilines is 1. The molecule has 3 N–H and O–H groups in total. The van der Waals surface area contributed by atoms with Gasteiger partial charge in [0.1, 0.15) is 5.75 Å². The fourth-order valence-electron chi connectivity index (χ4n) is 1.23. The lowest BCUT2D eigenvalue weighted by Gasteiger charge is -2.07. The number of carboxylic acids is 1. The monoisotopic (exact) mass is 206 g/mol. The first-order valence-electron chi connectivity index (χ1n) is 4.16. The van der Waals surface area contributed by atoms with Crippen LogP contribution in [0.5, 0.6) is 5.75 Å². The summed E-state index contributed by atoms with van der Waals surface area (Å²) in [6.45, 7) is 0. The molecule has 5 heteroatoms. The third-order valence-corrected chi connectivity index (χ3v) is 1.92. The van der Waals surface area contributed by atoms with Crippen LogP contribution >= 0.6 is 0 Å². The lowest BCUT2D eigenvalue weighted by molar-refractivity contribution is -0.136. The topological polar surface area (TPSA) is 96.3 Å². The number of nitrogens with zero attached hydrogens (tertiary/aromatic N) is 1. The average Bonchev–Trinajstić information content (AvgIpc) is 2.17. The molecule has 0 bridgehead atoms. The Balaban J connectivity index is 3.22. The van der Waals surface area contributed by atoms with E-state index in [0.717, 1.165) is 0 Å². The van der Waals surface area contributed by atoms with Crippen molar-refractivity contribution in [2.24, 2.45) is 0 Å². The maximum absolute atomic E-state index is 10.5. The number of benzene rings is 1. The molecule has 0 fully saturated rings. The van der Waals surface area contributed by atoms with Crippen LogP contribution in [0.25, 0.3) is 0 Å². The highest BCUT2D eigenvalue weighted by Gasteiger charge is 2.10. The molecule has 5 nitrogen and oxygen atoms in total. The Kier molecular flexibility index (Phi) is 3.13. The molecule has 0 aliphatic rings. The highest BCUT2D eigenvalue weighted by atomic mass is 16.5. The van der Waals surface area contributed by atoms with Gasteiger partial charge < -0.3 is 15.6 Å². The van der Waals surface area contributed by atoms with Gasteiger partial charge in [-0.05, 0) is 11.6 Å². The van der Waals surface area contributed by atoms with Crippen LogP contribution < -0.4 is 10.5 Å². The molecule has 0 aliphatic heterocycles. The number of carbonyl (C=O) groups is 1. The fraction of sp³-hybridized carbons (Fsp3) is 0.200. The number of methoxy groups -OCH3 is 1. The molecule has 1 aromatic carbocycles. The molecule has 1 aromatic rings. The second-order valence-corrected chi connectivity index (χ2v) is 2.93. The van der Waals surface area contributed by atoms with Crippen molar-refractivity contribution in [3.63, 3.8) is 0 Å². The van der Waals surface area contributed by atoms with Crippen LogP contribution in [0.1, 0.15) is 11.1 Å². The first-order chi connectivity index (χ1) is 7.08. The second-order valence-electron chi connectivity index (χ2n) is 2.93. The standard InChI is InChI=1S/C10H10N2O3/c1-15-9-3-7(5-11)6(2-8(9)12)4-10(13)14/h2-3H,4,12H2,1H3,(H,13,14). The molecule has 0 amide bonds. The van der Waals surface area contributed by atoms with Crippen molar-refractivity contribution < 1.29 is 14.6 Å². The number of carboxylic acid groups (broad SMARTS) is 1. The molecular weight excluding hydrogens is 196 g/mol. The van der Waals surface area contributed by atoms with Gasteiger partial charge in [0.05, 0.1) is 30.9 Å². The summed E-state index contributed by atoms with van der Waals surface area (Å²) in [5, 5.41) is 17.4. The van der Waals surface area contributed by atoms with Gasteiger partial charge in [0, 0.05) is 6.07 Å².